The van der Waals surface area contributed by atoms with Crippen molar-refractivity contribution in [3.63, 3.8) is 0 Å². The van der Waals surface area contributed by atoms with Gasteiger partial charge < -0.3 is 14.9 Å². The van der Waals surface area contributed by atoms with Gasteiger partial charge in [-0.25, -0.2) is 4.39 Å². The van der Waals surface area contributed by atoms with Crippen molar-refractivity contribution in [1.29, 1.82) is 0 Å². The predicted octanol–water partition coefficient (Wildman–Crippen LogP) is 4.28. The lowest BCUT2D eigenvalue weighted by molar-refractivity contribution is -0.0596. The van der Waals surface area contributed by atoms with Gasteiger partial charge in [0.05, 0.1) is 12.7 Å². The molecule has 154 valence electrons. The molecule has 0 aliphatic carbocycles. The smallest absolute Gasteiger partial charge is 0.161 e. The van der Waals surface area contributed by atoms with E-state index in [2.05, 4.69) is 11.5 Å². The van der Waals surface area contributed by atoms with Crippen molar-refractivity contribution in [1.82, 2.24) is 4.90 Å². The monoisotopic (exact) mass is 397 g/mol. The number of hydrogen-bond donors (Lipinski definition) is 2. The topological polar surface area (TPSA) is 52.9 Å². The molecule has 1 unspecified atom stereocenters. The summed E-state index contributed by atoms with van der Waals surface area (Å²) in [6, 6.07) is 10.7. The molecule has 0 amide bonds. The summed E-state index contributed by atoms with van der Waals surface area (Å²) >= 11 is 0. The maximum absolute atomic E-state index is 13.7. The van der Waals surface area contributed by atoms with Gasteiger partial charge in [-0.3, -0.25) is 4.90 Å². The van der Waals surface area contributed by atoms with Gasteiger partial charge in [0.1, 0.15) is 5.82 Å². The first-order valence-electron chi connectivity index (χ1n) is 10.2. The summed E-state index contributed by atoms with van der Waals surface area (Å²) in [7, 11) is 1.56. The second-order valence-electron chi connectivity index (χ2n) is 8.31. The van der Waals surface area contributed by atoms with Gasteiger partial charge in [0.25, 0.3) is 0 Å². The highest BCUT2D eigenvalue weighted by atomic mass is 19.1. The van der Waals surface area contributed by atoms with E-state index in [-0.39, 0.29) is 23.7 Å². The number of piperidine rings is 1. The molecule has 5 heteroatoms. The summed E-state index contributed by atoms with van der Waals surface area (Å²) < 4.78 is 19.1. The van der Waals surface area contributed by atoms with Gasteiger partial charge in [-0.15, -0.1) is 6.58 Å². The Kier molecular flexibility index (Phi) is 5.36. The fraction of sp³-hybridized carbons (Fsp3) is 0.417. The number of hydrogen-bond acceptors (Lipinski definition) is 4. The Morgan fingerprint density at radius 3 is 2.59 bits per heavy atom. The quantitative estimate of drug-likeness (QED) is 0.715. The molecule has 2 bridgehead atoms. The lowest BCUT2D eigenvalue weighted by atomic mass is 9.80. The molecule has 4 nitrogen and oxygen atoms in total. The second kappa shape index (κ2) is 7.81. The van der Waals surface area contributed by atoms with E-state index < -0.39 is 5.60 Å². The van der Waals surface area contributed by atoms with Crippen LogP contribution in [0.5, 0.6) is 11.5 Å². The van der Waals surface area contributed by atoms with Crippen molar-refractivity contribution >= 4 is 0 Å². The summed E-state index contributed by atoms with van der Waals surface area (Å²) in [6.45, 7) is 4.50. The van der Waals surface area contributed by atoms with E-state index in [1.165, 1.54) is 12.1 Å². The molecule has 3 atom stereocenters. The van der Waals surface area contributed by atoms with E-state index in [4.69, 9.17) is 4.74 Å². The van der Waals surface area contributed by atoms with Gasteiger partial charge in [-0.1, -0.05) is 24.3 Å². The van der Waals surface area contributed by atoms with Gasteiger partial charge >= 0.3 is 0 Å². The normalized spacial score (nSPS) is 26.4. The third kappa shape index (κ3) is 3.77. The van der Waals surface area contributed by atoms with E-state index in [9.17, 15) is 14.6 Å². The van der Waals surface area contributed by atoms with Crippen molar-refractivity contribution in [3.05, 3.63) is 71.6 Å². The number of aliphatic hydroxyl groups is 1. The molecule has 0 radical (unpaired) electrons. The van der Waals surface area contributed by atoms with Crippen LogP contribution in [0.25, 0.3) is 0 Å². The summed E-state index contributed by atoms with van der Waals surface area (Å²) in [6.07, 6.45) is 5.58. The summed E-state index contributed by atoms with van der Waals surface area (Å²) in [5, 5.41) is 21.6. The fourth-order valence-corrected chi connectivity index (χ4v) is 5.09. The molecule has 0 aromatic heterocycles. The molecule has 0 spiro atoms. The highest BCUT2D eigenvalue weighted by Gasteiger charge is 2.48. The number of benzene rings is 2. The standard InChI is InChI=1S/C24H28FNO3/c1-3-5-17-10-16(11-22(29-2)23(17)27)15-26-20-8-9-21(26)14-24(28,13-20)18-6-4-7-19(25)12-18/h3-4,6-7,10-12,20-21,27-28H,1,5,8-9,13-15H2,2H3/t20-,21+,24?. The Morgan fingerprint density at radius 1 is 1.24 bits per heavy atom. The van der Waals surface area contributed by atoms with Crippen LogP contribution < -0.4 is 4.74 Å². The summed E-state index contributed by atoms with van der Waals surface area (Å²) in [4.78, 5) is 2.44. The van der Waals surface area contributed by atoms with Crippen LogP contribution in [-0.4, -0.2) is 34.3 Å². The third-order valence-corrected chi connectivity index (χ3v) is 6.44. The molecule has 2 aliphatic heterocycles. The van der Waals surface area contributed by atoms with E-state index in [1.54, 1.807) is 19.3 Å². The van der Waals surface area contributed by atoms with Gasteiger partial charge in [-0.05, 0) is 61.4 Å². The maximum atomic E-state index is 13.7. The number of ether oxygens (including phenoxy) is 1. The van der Waals surface area contributed by atoms with Crippen LogP contribution in [0.2, 0.25) is 0 Å². The average molecular weight is 397 g/mol. The van der Waals surface area contributed by atoms with Gasteiger partial charge in [-0.2, -0.15) is 0 Å². The molecule has 2 fully saturated rings. The Hall–Kier alpha value is -2.37. The number of halogens is 1. The SMILES string of the molecule is C=CCc1cc(CN2[C@@H]3CC[C@H]2CC(O)(c2cccc(F)c2)C3)cc(OC)c1O. The number of phenolic OH excluding ortho intramolecular Hbond substituents is 1. The van der Waals surface area contributed by atoms with Gasteiger partial charge in [0.15, 0.2) is 11.5 Å². The molecular formula is C24H28FNO3. The van der Waals surface area contributed by atoms with Crippen LogP contribution in [0.4, 0.5) is 4.39 Å². The zero-order chi connectivity index (χ0) is 20.6. The molecule has 2 N–H and O–H groups in total. The van der Waals surface area contributed by atoms with Crippen LogP contribution in [-0.2, 0) is 18.6 Å². The van der Waals surface area contributed by atoms with Crippen LogP contribution in [0, 0.1) is 5.82 Å². The average Bonchev–Trinajstić information content (AvgIpc) is 2.94. The van der Waals surface area contributed by atoms with E-state index in [1.807, 2.05) is 18.2 Å². The largest absolute Gasteiger partial charge is 0.504 e. The maximum Gasteiger partial charge on any atom is 0.161 e. The van der Waals surface area contributed by atoms with Crippen LogP contribution in [0.3, 0.4) is 0 Å². The number of fused-ring (bicyclic) bond motifs is 2. The zero-order valence-corrected chi connectivity index (χ0v) is 16.8. The Morgan fingerprint density at radius 2 is 1.97 bits per heavy atom. The third-order valence-electron chi connectivity index (χ3n) is 6.44. The Labute approximate surface area is 171 Å². The van der Waals surface area contributed by atoms with Crippen molar-refractivity contribution in [3.8, 4) is 11.5 Å². The highest BCUT2D eigenvalue weighted by Crippen LogP contribution is 2.46. The zero-order valence-electron chi connectivity index (χ0n) is 16.8. The van der Waals surface area contributed by atoms with Gasteiger partial charge in [0, 0.05) is 24.2 Å². The van der Waals surface area contributed by atoms with E-state index in [0.717, 1.165) is 30.5 Å². The Bertz CT molecular complexity index is 899. The molecular weight excluding hydrogens is 369 g/mol. The minimum absolute atomic E-state index is 0.165. The molecule has 2 heterocycles. The number of rotatable bonds is 6. The Balaban J connectivity index is 1.57. The highest BCUT2D eigenvalue weighted by molar-refractivity contribution is 5.49. The first-order valence-corrected chi connectivity index (χ1v) is 10.2. The number of methoxy groups -OCH3 is 1. The number of allylic oxidation sites excluding steroid dienone is 1. The molecule has 2 saturated heterocycles. The van der Waals surface area contributed by atoms with E-state index in [0.29, 0.717) is 30.6 Å². The lowest BCUT2D eigenvalue weighted by Gasteiger charge is -2.44. The minimum Gasteiger partial charge on any atom is -0.504 e. The fourth-order valence-electron chi connectivity index (χ4n) is 5.09. The van der Waals surface area contributed by atoms with Crippen LogP contribution >= 0.6 is 0 Å². The van der Waals surface area contributed by atoms with Crippen molar-refractivity contribution in [2.75, 3.05) is 7.11 Å². The first kappa shape index (κ1) is 19.9. The molecule has 0 saturated carbocycles. The first-order chi connectivity index (χ1) is 13.9. The predicted molar refractivity (Wildman–Crippen MR) is 110 cm³/mol. The van der Waals surface area contributed by atoms with Crippen LogP contribution in [0.15, 0.2) is 49.1 Å². The summed E-state index contributed by atoms with van der Waals surface area (Å²) in [5.41, 5.74) is 1.57. The molecule has 2 aromatic carbocycles. The van der Waals surface area contributed by atoms with E-state index >= 15 is 0 Å². The molecule has 2 aliphatic rings. The molecule has 2 aromatic rings. The van der Waals surface area contributed by atoms with Crippen molar-refractivity contribution in [2.45, 2.75) is 56.3 Å². The van der Waals surface area contributed by atoms with Crippen molar-refractivity contribution < 1.29 is 19.3 Å². The molecule has 29 heavy (non-hydrogen) atoms. The minimum atomic E-state index is -0.981. The number of phenols is 1. The molecule has 4 rings (SSSR count). The summed E-state index contributed by atoms with van der Waals surface area (Å²) in [5.74, 6) is 0.329. The second-order valence-corrected chi connectivity index (χ2v) is 8.31. The lowest BCUT2D eigenvalue weighted by Crippen LogP contribution is -2.49. The van der Waals surface area contributed by atoms with Crippen molar-refractivity contribution in [2.24, 2.45) is 0 Å². The van der Waals surface area contributed by atoms with Crippen LogP contribution in [0.1, 0.15) is 42.4 Å². The van der Waals surface area contributed by atoms with Gasteiger partial charge in [0.2, 0.25) is 0 Å². The number of aromatic hydroxyl groups is 1. The number of nitrogens with zero attached hydrogens (tertiary/aromatic N) is 1.